The Morgan fingerprint density at radius 3 is 2.48 bits per heavy atom. The second-order valence-electron chi connectivity index (χ2n) is 6.63. The monoisotopic (exact) mass is 338 g/mol. The molecule has 0 bridgehead atoms. The predicted molar refractivity (Wildman–Crippen MR) is 101 cm³/mol. The molecule has 0 spiro atoms. The van der Waals surface area contributed by atoms with Gasteiger partial charge in [0, 0.05) is 17.8 Å². The summed E-state index contributed by atoms with van der Waals surface area (Å²) in [5.74, 6) is 0.518. The van der Waals surface area contributed by atoms with E-state index >= 15 is 0 Å². The average molecular weight is 338 g/mol. The Morgan fingerprint density at radius 2 is 1.80 bits per heavy atom. The summed E-state index contributed by atoms with van der Waals surface area (Å²) in [5, 5.41) is 6.36. The number of hydrogen-bond acceptors (Lipinski definition) is 4. The molecule has 1 amide bonds. The summed E-state index contributed by atoms with van der Waals surface area (Å²) in [6.45, 7) is 2.11. The van der Waals surface area contributed by atoms with Crippen LogP contribution in [-0.4, -0.2) is 21.9 Å². The van der Waals surface area contributed by atoms with E-state index in [4.69, 9.17) is 0 Å². The number of hydrogen-bond donors (Lipinski definition) is 2. The van der Waals surface area contributed by atoms with Crippen molar-refractivity contribution in [3.05, 3.63) is 47.9 Å². The second-order valence-corrected chi connectivity index (χ2v) is 6.63. The van der Waals surface area contributed by atoms with Crippen molar-refractivity contribution in [1.82, 2.24) is 9.97 Å². The molecule has 25 heavy (non-hydrogen) atoms. The summed E-state index contributed by atoms with van der Waals surface area (Å²) in [6.07, 6.45) is 9.89. The Kier molecular flexibility index (Phi) is 5.99. The van der Waals surface area contributed by atoms with E-state index in [1.54, 1.807) is 6.07 Å². The van der Waals surface area contributed by atoms with Crippen LogP contribution >= 0.6 is 0 Å². The number of carbonyl (C=O) groups excluding carboxylic acids is 1. The summed E-state index contributed by atoms with van der Waals surface area (Å²) in [5.41, 5.74) is 2.40. The van der Waals surface area contributed by atoms with Crippen molar-refractivity contribution in [2.75, 3.05) is 10.6 Å². The first-order chi connectivity index (χ1) is 12.2. The number of carbonyl (C=O) groups is 1. The molecule has 0 saturated heterocycles. The van der Waals surface area contributed by atoms with Crippen molar-refractivity contribution in [1.29, 1.82) is 0 Å². The molecule has 0 aliphatic heterocycles. The molecular weight excluding hydrogens is 312 g/mol. The number of nitrogens with one attached hydrogen (secondary N) is 2. The number of rotatable bonds is 5. The van der Waals surface area contributed by atoms with Gasteiger partial charge in [0.05, 0.1) is 0 Å². The molecule has 0 atom stereocenters. The van der Waals surface area contributed by atoms with Gasteiger partial charge in [-0.25, -0.2) is 9.97 Å². The van der Waals surface area contributed by atoms with E-state index in [1.165, 1.54) is 37.6 Å². The van der Waals surface area contributed by atoms with Gasteiger partial charge in [0.25, 0.3) is 5.91 Å². The molecule has 1 saturated carbocycles. The van der Waals surface area contributed by atoms with Gasteiger partial charge in [-0.15, -0.1) is 0 Å². The summed E-state index contributed by atoms with van der Waals surface area (Å²) in [4.78, 5) is 20.8. The van der Waals surface area contributed by atoms with Crippen LogP contribution in [0.2, 0.25) is 0 Å². The van der Waals surface area contributed by atoms with Crippen LogP contribution in [0.25, 0.3) is 0 Å². The van der Waals surface area contributed by atoms with E-state index in [-0.39, 0.29) is 5.91 Å². The normalized spacial score (nSPS) is 15.4. The number of anilines is 2. The predicted octanol–water partition coefficient (Wildman–Crippen LogP) is 4.43. The van der Waals surface area contributed by atoms with Gasteiger partial charge in [-0.3, -0.25) is 4.79 Å². The maximum Gasteiger partial charge on any atom is 0.274 e. The Balaban J connectivity index is 1.64. The first kappa shape index (κ1) is 17.4. The lowest BCUT2D eigenvalue weighted by atomic mass is 10.1. The van der Waals surface area contributed by atoms with Crippen molar-refractivity contribution in [2.24, 2.45) is 0 Å². The van der Waals surface area contributed by atoms with Crippen molar-refractivity contribution < 1.29 is 4.79 Å². The number of nitrogens with zero attached hydrogens (tertiary/aromatic N) is 2. The molecule has 3 rings (SSSR count). The maximum absolute atomic E-state index is 12.4. The zero-order chi connectivity index (χ0) is 17.5. The minimum Gasteiger partial charge on any atom is -0.367 e. The molecule has 2 N–H and O–H groups in total. The van der Waals surface area contributed by atoms with Crippen LogP contribution in [0.1, 0.15) is 61.5 Å². The van der Waals surface area contributed by atoms with Gasteiger partial charge in [0.15, 0.2) is 0 Å². The molecular formula is C20H26N4O. The van der Waals surface area contributed by atoms with Gasteiger partial charge >= 0.3 is 0 Å². The third kappa shape index (κ3) is 5.02. The Labute approximate surface area is 149 Å². The Bertz CT molecular complexity index is 691. The van der Waals surface area contributed by atoms with Crippen molar-refractivity contribution in [2.45, 2.75) is 57.9 Å². The molecule has 2 aromatic rings. The van der Waals surface area contributed by atoms with Crippen LogP contribution in [0.5, 0.6) is 0 Å². The fourth-order valence-corrected chi connectivity index (χ4v) is 3.21. The first-order valence-electron chi connectivity index (χ1n) is 9.23. The molecule has 0 radical (unpaired) electrons. The zero-order valence-electron chi connectivity index (χ0n) is 14.8. The van der Waals surface area contributed by atoms with Gasteiger partial charge < -0.3 is 10.6 Å². The molecule has 1 aromatic heterocycles. The van der Waals surface area contributed by atoms with E-state index in [0.717, 1.165) is 30.8 Å². The fourth-order valence-electron chi connectivity index (χ4n) is 3.21. The minimum atomic E-state index is -0.212. The van der Waals surface area contributed by atoms with Gasteiger partial charge in [0.1, 0.15) is 17.8 Å². The number of aromatic nitrogens is 2. The minimum absolute atomic E-state index is 0.212. The van der Waals surface area contributed by atoms with Crippen molar-refractivity contribution in [3.63, 3.8) is 0 Å². The lowest BCUT2D eigenvalue weighted by Gasteiger charge is -2.17. The molecule has 1 aliphatic carbocycles. The van der Waals surface area contributed by atoms with Gasteiger partial charge in [-0.2, -0.15) is 0 Å². The fraction of sp³-hybridized carbons (Fsp3) is 0.450. The van der Waals surface area contributed by atoms with Crippen LogP contribution in [0.4, 0.5) is 11.5 Å². The SMILES string of the molecule is CCc1ccc(NC(=O)c2cc(NC3CCCCCC3)ncn2)cc1. The van der Waals surface area contributed by atoms with E-state index in [1.807, 2.05) is 24.3 Å². The topological polar surface area (TPSA) is 66.9 Å². The van der Waals surface area contributed by atoms with Crippen LogP contribution in [0.3, 0.4) is 0 Å². The molecule has 132 valence electrons. The highest BCUT2D eigenvalue weighted by Gasteiger charge is 2.14. The van der Waals surface area contributed by atoms with E-state index < -0.39 is 0 Å². The summed E-state index contributed by atoms with van der Waals surface area (Å²) in [6, 6.07) is 10.1. The molecule has 0 unspecified atom stereocenters. The largest absolute Gasteiger partial charge is 0.367 e. The molecule has 1 heterocycles. The zero-order valence-corrected chi connectivity index (χ0v) is 14.8. The van der Waals surface area contributed by atoms with E-state index in [9.17, 15) is 4.79 Å². The van der Waals surface area contributed by atoms with Crippen LogP contribution in [0.15, 0.2) is 36.7 Å². The number of benzene rings is 1. The lowest BCUT2D eigenvalue weighted by Crippen LogP contribution is -2.20. The third-order valence-electron chi connectivity index (χ3n) is 4.73. The van der Waals surface area contributed by atoms with Crippen LogP contribution < -0.4 is 10.6 Å². The maximum atomic E-state index is 12.4. The lowest BCUT2D eigenvalue weighted by molar-refractivity contribution is 0.102. The first-order valence-corrected chi connectivity index (χ1v) is 9.23. The summed E-state index contributed by atoms with van der Waals surface area (Å²) >= 11 is 0. The molecule has 1 aliphatic rings. The van der Waals surface area contributed by atoms with Crippen LogP contribution in [0, 0.1) is 0 Å². The molecule has 5 nitrogen and oxygen atoms in total. The number of amides is 1. The third-order valence-corrected chi connectivity index (χ3v) is 4.73. The molecule has 5 heteroatoms. The Hall–Kier alpha value is -2.43. The molecule has 1 fully saturated rings. The average Bonchev–Trinajstić information content (AvgIpc) is 2.91. The van der Waals surface area contributed by atoms with Crippen LogP contribution in [-0.2, 0) is 6.42 Å². The number of aryl methyl sites for hydroxylation is 1. The Morgan fingerprint density at radius 1 is 1.08 bits per heavy atom. The van der Waals surface area contributed by atoms with Crippen molar-refractivity contribution in [3.8, 4) is 0 Å². The highest BCUT2D eigenvalue weighted by atomic mass is 16.1. The van der Waals surface area contributed by atoms with Crippen molar-refractivity contribution >= 4 is 17.4 Å². The van der Waals surface area contributed by atoms with Gasteiger partial charge in [-0.05, 0) is 37.0 Å². The summed E-state index contributed by atoms with van der Waals surface area (Å²) < 4.78 is 0. The smallest absolute Gasteiger partial charge is 0.274 e. The molecule has 1 aromatic carbocycles. The highest BCUT2D eigenvalue weighted by Crippen LogP contribution is 2.20. The second kappa shape index (κ2) is 8.60. The summed E-state index contributed by atoms with van der Waals surface area (Å²) in [7, 11) is 0. The van der Waals surface area contributed by atoms with Gasteiger partial charge in [-0.1, -0.05) is 44.7 Å². The highest BCUT2D eigenvalue weighted by molar-refractivity contribution is 6.03. The quantitative estimate of drug-likeness (QED) is 0.792. The van der Waals surface area contributed by atoms with E-state index in [2.05, 4.69) is 27.5 Å². The standard InChI is InChI=1S/C20H26N4O/c1-2-15-9-11-17(12-10-15)24-20(25)18-13-19(22-14-21-18)23-16-7-5-3-4-6-8-16/h9-14,16H,2-8H2,1H3,(H,24,25)(H,21,22,23). The van der Waals surface area contributed by atoms with Gasteiger partial charge in [0.2, 0.25) is 0 Å². The van der Waals surface area contributed by atoms with E-state index in [0.29, 0.717) is 11.7 Å².